The van der Waals surface area contributed by atoms with Gasteiger partial charge < -0.3 is 25.6 Å². The van der Waals surface area contributed by atoms with Gasteiger partial charge >= 0.3 is 12.0 Å². The Balaban J connectivity index is 1.81. The summed E-state index contributed by atoms with van der Waals surface area (Å²) >= 11 is 0. The molecule has 0 bridgehead atoms. The lowest BCUT2D eigenvalue weighted by Crippen LogP contribution is -2.38. The van der Waals surface area contributed by atoms with E-state index in [1.807, 2.05) is 12.1 Å². The minimum atomic E-state index is -0.990. The van der Waals surface area contributed by atoms with Gasteiger partial charge in [-0.2, -0.15) is 0 Å². The molecule has 2 aromatic rings. The standard InChI is InChI=1S/C19H22N2O5/c1-26-17-8-6-14(7-9-17)16(12-22)11-21-19(25)20-10-13-2-4-15(5-3-13)18(23)24/h2-9,16,22H,10-12H2,1H3,(H,23,24)(H2,20,21,25). The molecule has 7 nitrogen and oxygen atoms in total. The van der Waals surface area contributed by atoms with Crippen LogP contribution in [0.5, 0.6) is 5.75 Å². The first-order valence-electron chi connectivity index (χ1n) is 8.12. The van der Waals surface area contributed by atoms with Crippen molar-refractivity contribution in [1.29, 1.82) is 0 Å². The van der Waals surface area contributed by atoms with Crippen molar-refractivity contribution < 1.29 is 24.5 Å². The Bertz CT molecular complexity index is 729. The molecule has 2 aromatic carbocycles. The van der Waals surface area contributed by atoms with Crippen molar-refractivity contribution in [2.24, 2.45) is 0 Å². The molecule has 0 saturated carbocycles. The monoisotopic (exact) mass is 358 g/mol. The zero-order valence-corrected chi connectivity index (χ0v) is 14.4. The first kappa shape index (κ1) is 19.3. The topological polar surface area (TPSA) is 108 Å². The number of hydrogen-bond donors (Lipinski definition) is 4. The van der Waals surface area contributed by atoms with Crippen molar-refractivity contribution in [1.82, 2.24) is 10.6 Å². The zero-order valence-electron chi connectivity index (χ0n) is 14.4. The summed E-state index contributed by atoms with van der Waals surface area (Å²) in [6, 6.07) is 13.2. The van der Waals surface area contributed by atoms with Crippen LogP contribution in [0.1, 0.15) is 27.4 Å². The fourth-order valence-electron chi connectivity index (χ4n) is 2.39. The molecule has 0 radical (unpaired) electrons. The molecule has 26 heavy (non-hydrogen) atoms. The van der Waals surface area contributed by atoms with Crippen LogP contribution >= 0.6 is 0 Å². The molecule has 2 amide bonds. The van der Waals surface area contributed by atoms with E-state index in [0.717, 1.165) is 16.9 Å². The van der Waals surface area contributed by atoms with E-state index in [0.29, 0.717) is 0 Å². The van der Waals surface area contributed by atoms with E-state index in [2.05, 4.69) is 10.6 Å². The van der Waals surface area contributed by atoms with Gasteiger partial charge in [-0.3, -0.25) is 0 Å². The molecule has 0 aliphatic heterocycles. The van der Waals surface area contributed by atoms with E-state index in [1.165, 1.54) is 12.1 Å². The molecule has 0 aliphatic carbocycles. The number of amides is 2. The minimum Gasteiger partial charge on any atom is -0.497 e. The number of nitrogens with one attached hydrogen (secondary N) is 2. The number of methoxy groups -OCH3 is 1. The van der Waals surface area contributed by atoms with Crippen LogP contribution < -0.4 is 15.4 Å². The van der Waals surface area contributed by atoms with Crippen molar-refractivity contribution in [3.05, 3.63) is 65.2 Å². The second-order valence-corrected chi connectivity index (χ2v) is 5.72. The second kappa shape index (κ2) is 9.43. The van der Waals surface area contributed by atoms with Crippen LogP contribution in [0.3, 0.4) is 0 Å². The van der Waals surface area contributed by atoms with Crippen LogP contribution in [0, 0.1) is 0 Å². The summed E-state index contributed by atoms with van der Waals surface area (Å²) in [5.74, 6) is -0.484. The summed E-state index contributed by atoms with van der Waals surface area (Å²) in [6.45, 7) is 0.466. The number of carboxylic acid groups (broad SMARTS) is 1. The minimum absolute atomic E-state index is 0.0940. The van der Waals surface area contributed by atoms with E-state index < -0.39 is 5.97 Å². The summed E-state index contributed by atoms with van der Waals surface area (Å²) in [4.78, 5) is 22.7. The van der Waals surface area contributed by atoms with Gasteiger partial charge in [0.2, 0.25) is 0 Å². The van der Waals surface area contributed by atoms with Gasteiger partial charge in [-0.05, 0) is 35.4 Å². The van der Waals surface area contributed by atoms with E-state index in [4.69, 9.17) is 9.84 Å². The molecule has 1 unspecified atom stereocenters. The SMILES string of the molecule is COc1ccc(C(CO)CNC(=O)NCc2ccc(C(=O)O)cc2)cc1. The Hall–Kier alpha value is -3.06. The fraction of sp³-hybridized carbons (Fsp3) is 0.263. The number of rotatable bonds is 8. The van der Waals surface area contributed by atoms with Crippen molar-refractivity contribution in [2.75, 3.05) is 20.3 Å². The number of carbonyl (C=O) groups is 2. The van der Waals surface area contributed by atoms with Gasteiger partial charge in [0, 0.05) is 19.0 Å². The Morgan fingerprint density at radius 3 is 2.23 bits per heavy atom. The van der Waals surface area contributed by atoms with E-state index in [1.54, 1.807) is 31.4 Å². The summed E-state index contributed by atoms with van der Waals surface area (Å²) in [7, 11) is 1.58. The van der Waals surface area contributed by atoms with Crippen molar-refractivity contribution >= 4 is 12.0 Å². The maximum Gasteiger partial charge on any atom is 0.335 e. The lowest BCUT2D eigenvalue weighted by Gasteiger charge is -2.16. The Morgan fingerprint density at radius 1 is 1.04 bits per heavy atom. The van der Waals surface area contributed by atoms with Crippen molar-refractivity contribution in [2.45, 2.75) is 12.5 Å². The third-order valence-corrected chi connectivity index (χ3v) is 3.97. The molecule has 0 heterocycles. The van der Waals surface area contributed by atoms with Crippen LogP contribution in [-0.4, -0.2) is 42.5 Å². The third-order valence-electron chi connectivity index (χ3n) is 3.97. The number of ether oxygens (including phenoxy) is 1. The predicted molar refractivity (Wildman–Crippen MR) is 96.5 cm³/mol. The largest absolute Gasteiger partial charge is 0.497 e. The highest BCUT2D eigenvalue weighted by atomic mass is 16.5. The highest BCUT2D eigenvalue weighted by molar-refractivity contribution is 5.87. The zero-order chi connectivity index (χ0) is 18.9. The van der Waals surface area contributed by atoms with Crippen LogP contribution in [-0.2, 0) is 6.54 Å². The molecular formula is C19H22N2O5. The number of carboxylic acids is 1. The quantitative estimate of drug-likeness (QED) is 0.577. The summed E-state index contributed by atoms with van der Waals surface area (Å²) in [6.07, 6.45) is 0. The number of carbonyl (C=O) groups excluding carboxylic acids is 1. The van der Waals surface area contributed by atoms with Gasteiger partial charge in [-0.25, -0.2) is 9.59 Å². The molecule has 1 atom stereocenters. The van der Waals surface area contributed by atoms with Crippen LogP contribution in [0.25, 0.3) is 0 Å². The van der Waals surface area contributed by atoms with Crippen LogP contribution in [0.2, 0.25) is 0 Å². The second-order valence-electron chi connectivity index (χ2n) is 5.72. The molecule has 138 valence electrons. The normalized spacial score (nSPS) is 11.5. The number of urea groups is 1. The van der Waals surface area contributed by atoms with E-state index >= 15 is 0 Å². The van der Waals surface area contributed by atoms with Crippen molar-refractivity contribution in [3.63, 3.8) is 0 Å². The van der Waals surface area contributed by atoms with Gasteiger partial charge in [0.25, 0.3) is 0 Å². The average molecular weight is 358 g/mol. The maximum atomic E-state index is 11.9. The highest BCUT2D eigenvalue weighted by Crippen LogP contribution is 2.18. The van der Waals surface area contributed by atoms with Gasteiger partial charge in [-0.15, -0.1) is 0 Å². The van der Waals surface area contributed by atoms with E-state index in [9.17, 15) is 14.7 Å². The molecule has 7 heteroatoms. The average Bonchev–Trinajstić information content (AvgIpc) is 2.67. The summed E-state index contributed by atoms with van der Waals surface area (Å²) < 4.78 is 5.10. The Morgan fingerprint density at radius 2 is 1.69 bits per heavy atom. The maximum absolute atomic E-state index is 11.9. The Labute approximate surface area is 151 Å². The number of benzene rings is 2. The van der Waals surface area contributed by atoms with Gasteiger partial charge in [-0.1, -0.05) is 24.3 Å². The molecule has 0 spiro atoms. The first-order valence-corrected chi connectivity index (χ1v) is 8.12. The molecule has 0 fully saturated rings. The molecule has 0 aromatic heterocycles. The molecular weight excluding hydrogens is 336 g/mol. The Kier molecular flexibility index (Phi) is 6.99. The number of aromatic carboxylic acids is 1. The summed E-state index contributed by atoms with van der Waals surface area (Å²) in [5, 5.41) is 23.8. The molecule has 0 saturated heterocycles. The van der Waals surface area contributed by atoms with Crippen molar-refractivity contribution in [3.8, 4) is 5.75 Å². The smallest absolute Gasteiger partial charge is 0.335 e. The third kappa shape index (κ3) is 5.49. The van der Waals surface area contributed by atoms with Gasteiger partial charge in [0.05, 0.1) is 19.3 Å². The number of hydrogen-bond acceptors (Lipinski definition) is 4. The lowest BCUT2D eigenvalue weighted by atomic mass is 10.00. The fourth-order valence-corrected chi connectivity index (χ4v) is 2.39. The first-order chi connectivity index (χ1) is 12.5. The number of aliphatic hydroxyl groups excluding tert-OH is 1. The summed E-state index contributed by atoms with van der Waals surface area (Å²) in [5.41, 5.74) is 1.89. The molecule has 0 aliphatic rings. The van der Waals surface area contributed by atoms with Gasteiger partial charge in [0.15, 0.2) is 0 Å². The predicted octanol–water partition coefficient (Wildman–Crippen LogP) is 1.97. The number of aliphatic hydroxyl groups is 1. The highest BCUT2D eigenvalue weighted by Gasteiger charge is 2.12. The van der Waals surface area contributed by atoms with Crippen LogP contribution in [0.15, 0.2) is 48.5 Å². The van der Waals surface area contributed by atoms with Crippen LogP contribution in [0.4, 0.5) is 4.79 Å². The molecule has 2 rings (SSSR count). The lowest BCUT2D eigenvalue weighted by molar-refractivity contribution is 0.0697. The van der Waals surface area contributed by atoms with E-state index in [-0.39, 0.29) is 37.2 Å². The molecule has 4 N–H and O–H groups in total. The van der Waals surface area contributed by atoms with Gasteiger partial charge in [0.1, 0.15) is 5.75 Å².